The fourth-order valence-corrected chi connectivity index (χ4v) is 2.60. The highest BCUT2D eigenvalue weighted by molar-refractivity contribution is 7.09. The summed E-state index contributed by atoms with van der Waals surface area (Å²) in [6.45, 7) is 0. The molecule has 2 aromatic rings. The van der Waals surface area contributed by atoms with Crippen molar-refractivity contribution in [1.29, 1.82) is 0 Å². The maximum absolute atomic E-state index is 5.17. The molecule has 0 spiro atoms. The van der Waals surface area contributed by atoms with E-state index in [1.807, 2.05) is 19.2 Å². The summed E-state index contributed by atoms with van der Waals surface area (Å²) in [5.41, 5.74) is 1.29. The standard InChI is InChI=1S/C14H17NOS/c1-15-14(10-13-4-3-9-17-13)11-5-7-12(16-2)8-6-11/h3-9,14-15H,10H2,1-2H3. The quantitative estimate of drug-likeness (QED) is 0.875. The molecule has 90 valence electrons. The van der Waals surface area contributed by atoms with Gasteiger partial charge in [0, 0.05) is 17.3 Å². The van der Waals surface area contributed by atoms with Crippen LogP contribution in [-0.2, 0) is 6.42 Å². The van der Waals surface area contributed by atoms with Crippen LogP contribution in [0.25, 0.3) is 0 Å². The monoisotopic (exact) mass is 247 g/mol. The number of hydrogen-bond donors (Lipinski definition) is 1. The van der Waals surface area contributed by atoms with Crippen molar-refractivity contribution in [3.05, 3.63) is 52.2 Å². The SMILES string of the molecule is CNC(Cc1cccs1)c1ccc(OC)cc1. The van der Waals surface area contributed by atoms with Crippen molar-refractivity contribution in [1.82, 2.24) is 5.32 Å². The Bertz CT molecular complexity index is 436. The second-order valence-electron chi connectivity index (χ2n) is 3.90. The Morgan fingerprint density at radius 1 is 1.24 bits per heavy atom. The van der Waals surface area contributed by atoms with Gasteiger partial charge < -0.3 is 10.1 Å². The molecule has 1 aromatic carbocycles. The number of hydrogen-bond acceptors (Lipinski definition) is 3. The smallest absolute Gasteiger partial charge is 0.118 e. The summed E-state index contributed by atoms with van der Waals surface area (Å²) in [5, 5.41) is 5.48. The molecule has 0 aliphatic heterocycles. The number of rotatable bonds is 5. The molecular weight excluding hydrogens is 230 g/mol. The highest BCUT2D eigenvalue weighted by atomic mass is 32.1. The summed E-state index contributed by atoms with van der Waals surface area (Å²) >= 11 is 1.80. The van der Waals surface area contributed by atoms with Crippen molar-refractivity contribution >= 4 is 11.3 Å². The van der Waals surface area contributed by atoms with Gasteiger partial charge in [0.1, 0.15) is 5.75 Å². The lowest BCUT2D eigenvalue weighted by atomic mass is 10.0. The number of methoxy groups -OCH3 is 1. The zero-order valence-corrected chi connectivity index (χ0v) is 11.0. The number of ether oxygens (including phenoxy) is 1. The van der Waals surface area contributed by atoms with Gasteiger partial charge in [-0.25, -0.2) is 0 Å². The molecule has 0 aliphatic rings. The first-order chi connectivity index (χ1) is 8.33. The molecule has 17 heavy (non-hydrogen) atoms. The molecule has 3 heteroatoms. The van der Waals surface area contributed by atoms with Crippen LogP contribution in [0.15, 0.2) is 41.8 Å². The third-order valence-corrected chi connectivity index (χ3v) is 3.75. The van der Waals surface area contributed by atoms with E-state index in [1.54, 1.807) is 18.4 Å². The van der Waals surface area contributed by atoms with Crippen LogP contribution in [0.2, 0.25) is 0 Å². The highest BCUT2D eigenvalue weighted by Crippen LogP contribution is 2.22. The maximum atomic E-state index is 5.17. The second kappa shape index (κ2) is 5.84. The molecule has 0 bridgehead atoms. The largest absolute Gasteiger partial charge is 0.497 e. The number of nitrogens with one attached hydrogen (secondary N) is 1. The molecule has 1 aromatic heterocycles. The van der Waals surface area contributed by atoms with E-state index in [0.717, 1.165) is 12.2 Å². The fraction of sp³-hybridized carbons (Fsp3) is 0.286. The third-order valence-electron chi connectivity index (χ3n) is 2.85. The van der Waals surface area contributed by atoms with Crippen molar-refractivity contribution in [2.24, 2.45) is 0 Å². The van der Waals surface area contributed by atoms with E-state index >= 15 is 0 Å². The summed E-state index contributed by atoms with van der Waals surface area (Å²) in [6, 6.07) is 12.9. The van der Waals surface area contributed by atoms with E-state index in [9.17, 15) is 0 Å². The van der Waals surface area contributed by atoms with E-state index in [1.165, 1.54) is 10.4 Å². The van der Waals surface area contributed by atoms with E-state index in [-0.39, 0.29) is 0 Å². The van der Waals surface area contributed by atoms with Crippen molar-refractivity contribution in [2.45, 2.75) is 12.5 Å². The predicted molar refractivity (Wildman–Crippen MR) is 72.8 cm³/mol. The Morgan fingerprint density at radius 2 is 2.00 bits per heavy atom. The van der Waals surface area contributed by atoms with Crippen LogP contribution in [0.5, 0.6) is 5.75 Å². The van der Waals surface area contributed by atoms with Gasteiger partial charge in [-0.3, -0.25) is 0 Å². The van der Waals surface area contributed by atoms with Gasteiger partial charge in [0.15, 0.2) is 0 Å². The van der Waals surface area contributed by atoms with E-state index < -0.39 is 0 Å². The third kappa shape index (κ3) is 3.08. The molecule has 1 atom stereocenters. The highest BCUT2D eigenvalue weighted by Gasteiger charge is 2.10. The Labute approximate surface area is 106 Å². The molecule has 0 radical (unpaired) electrons. The van der Waals surface area contributed by atoms with Crippen molar-refractivity contribution in [2.75, 3.05) is 14.2 Å². The maximum Gasteiger partial charge on any atom is 0.118 e. The predicted octanol–water partition coefficient (Wildman–Crippen LogP) is 3.26. The van der Waals surface area contributed by atoms with Crippen LogP contribution in [0.3, 0.4) is 0 Å². The lowest BCUT2D eigenvalue weighted by Gasteiger charge is -2.16. The van der Waals surface area contributed by atoms with E-state index in [2.05, 4.69) is 35.0 Å². The Kier molecular flexibility index (Phi) is 4.18. The van der Waals surface area contributed by atoms with E-state index in [0.29, 0.717) is 6.04 Å². The number of thiophene rings is 1. The molecule has 1 N–H and O–H groups in total. The number of benzene rings is 1. The molecule has 0 saturated heterocycles. The van der Waals surface area contributed by atoms with Crippen molar-refractivity contribution in [3.8, 4) is 5.75 Å². The molecule has 0 saturated carbocycles. The first-order valence-corrected chi connectivity index (χ1v) is 6.55. The van der Waals surface area contributed by atoms with Gasteiger partial charge in [-0.1, -0.05) is 18.2 Å². The first-order valence-electron chi connectivity index (χ1n) is 5.67. The van der Waals surface area contributed by atoms with Gasteiger partial charge in [0.2, 0.25) is 0 Å². The molecular formula is C14H17NOS. The summed E-state index contributed by atoms with van der Waals surface area (Å²) in [6.07, 6.45) is 1.03. The Balaban J connectivity index is 2.11. The lowest BCUT2D eigenvalue weighted by molar-refractivity contribution is 0.414. The van der Waals surface area contributed by atoms with Crippen LogP contribution in [0.4, 0.5) is 0 Å². The summed E-state index contributed by atoms with van der Waals surface area (Å²) in [4.78, 5) is 1.40. The zero-order chi connectivity index (χ0) is 12.1. The normalized spacial score (nSPS) is 12.4. The van der Waals surface area contributed by atoms with Crippen LogP contribution >= 0.6 is 11.3 Å². The average Bonchev–Trinajstić information content (AvgIpc) is 2.89. The minimum Gasteiger partial charge on any atom is -0.497 e. The van der Waals surface area contributed by atoms with Gasteiger partial charge in [0.25, 0.3) is 0 Å². The molecule has 2 nitrogen and oxygen atoms in total. The van der Waals surface area contributed by atoms with Gasteiger partial charge in [-0.2, -0.15) is 0 Å². The molecule has 0 fully saturated rings. The minimum atomic E-state index is 0.361. The Morgan fingerprint density at radius 3 is 2.53 bits per heavy atom. The first kappa shape index (κ1) is 12.1. The van der Waals surface area contributed by atoms with Crippen LogP contribution < -0.4 is 10.1 Å². The minimum absolute atomic E-state index is 0.361. The Hall–Kier alpha value is -1.32. The summed E-state index contributed by atoms with van der Waals surface area (Å²) in [7, 11) is 3.69. The van der Waals surface area contributed by atoms with Crippen LogP contribution in [-0.4, -0.2) is 14.2 Å². The average molecular weight is 247 g/mol. The number of likely N-dealkylation sites (N-methyl/N-ethyl adjacent to an activating group) is 1. The zero-order valence-electron chi connectivity index (χ0n) is 10.1. The molecule has 2 rings (SSSR count). The van der Waals surface area contributed by atoms with Gasteiger partial charge in [0.05, 0.1) is 7.11 Å². The second-order valence-corrected chi connectivity index (χ2v) is 4.93. The molecule has 1 unspecified atom stereocenters. The van der Waals surface area contributed by atoms with Crippen LogP contribution in [0, 0.1) is 0 Å². The summed E-state index contributed by atoms with van der Waals surface area (Å²) in [5.74, 6) is 0.903. The molecule has 0 amide bonds. The van der Waals surface area contributed by atoms with E-state index in [4.69, 9.17) is 4.74 Å². The fourth-order valence-electron chi connectivity index (χ4n) is 1.85. The molecule has 1 heterocycles. The van der Waals surface area contributed by atoms with Crippen LogP contribution in [0.1, 0.15) is 16.5 Å². The van der Waals surface area contributed by atoms with Crippen molar-refractivity contribution in [3.63, 3.8) is 0 Å². The van der Waals surface area contributed by atoms with Gasteiger partial charge >= 0.3 is 0 Å². The van der Waals surface area contributed by atoms with Gasteiger partial charge in [-0.15, -0.1) is 11.3 Å². The summed E-state index contributed by atoms with van der Waals surface area (Å²) < 4.78 is 5.17. The molecule has 0 aliphatic carbocycles. The van der Waals surface area contributed by atoms with Crippen molar-refractivity contribution < 1.29 is 4.74 Å². The van der Waals surface area contributed by atoms with Gasteiger partial charge in [-0.05, 0) is 36.2 Å². The topological polar surface area (TPSA) is 21.3 Å². The lowest BCUT2D eigenvalue weighted by Crippen LogP contribution is -2.18.